The van der Waals surface area contributed by atoms with Crippen LogP contribution in [-0.2, 0) is 9.53 Å². The summed E-state index contributed by atoms with van der Waals surface area (Å²) >= 11 is 5.22. The summed E-state index contributed by atoms with van der Waals surface area (Å²) in [6, 6.07) is 3.68. The molecule has 0 aromatic carbocycles. The first-order valence-corrected chi connectivity index (χ1v) is 7.07. The topological polar surface area (TPSA) is 54.7 Å². The van der Waals surface area contributed by atoms with Gasteiger partial charge in [0.15, 0.2) is 5.11 Å². The van der Waals surface area contributed by atoms with Crippen LogP contribution in [0.2, 0.25) is 0 Å². The number of ether oxygens (including phenoxy) is 1. The molecule has 3 heterocycles. The minimum absolute atomic E-state index is 0.0870. The summed E-state index contributed by atoms with van der Waals surface area (Å²) in [5.74, 6) is 1.32. The number of hydrogen-bond donors (Lipinski definition) is 1. The Morgan fingerprint density at radius 1 is 1.55 bits per heavy atom. The third-order valence-corrected chi connectivity index (χ3v) is 3.74. The molecule has 1 aromatic heterocycles. The van der Waals surface area contributed by atoms with Crippen molar-refractivity contribution in [3.05, 3.63) is 29.4 Å². The van der Waals surface area contributed by atoms with Gasteiger partial charge in [-0.2, -0.15) is 0 Å². The van der Waals surface area contributed by atoms with Gasteiger partial charge in [-0.1, -0.05) is 0 Å². The van der Waals surface area contributed by atoms with Crippen molar-refractivity contribution in [3.8, 4) is 0 Å². The Hall–Kier alpha value is -1.66. The molecule has 2 aliphatic rings. The van der Waals surface area contributed by atoms with Crippen LogP contribution in [0.5, 0.6) is 0 Å². The second kappa shape index (κ2) is 5.38. The molecule has 6 heteroatoms. The van der Waals surface area contributed by atoms with E-state index in [1.165, 1.54) is 0 Å². The number of carbonyl (C=O) groups is 1. The first-order valence-electron chi connectivity index (χ1n) is 6.66. The van der Waals surface area contributed by atoms with Crippen LogP contribution in [-0.4, -0.2) is 35.2 Å². The monoisotopic (exact) mass is 292 g/mol. The predicted molar refractivity (Wildman–Crippen MR) is 77.8 cm³/mol. The van der Waals surface area contributed by atoms with Crippen LogP contribution in [0.25, 0.3) is 6.08 Å². The van der Waals surface area contributed by atoms with E-state index in [1.54, 1.807) is 11.0 Å². The van der Waals surface area contributed by atoms with Crippen LogP contribution in [0.15, 0.2) is 22.2 Å². The summed E-state index contributed by atoms with van der Waals surface area (Å²) in [5.41, 5.74) is 0.447. The van der Waals surface area contributed by atoms with Crippen LogP contribution >= 0.6 is 12.2 Å². The first kappa shape index (κ1) is 13.3. The Labute approximate surface area is 122 Å². The third-order valence-electron chi connectivity index (χ3n) is 3.42. The van der Waals surface area contributed by atoms with Crippen molar-refractivity contribution in [3.63, 3.8) is 0 Å². The van der Waals surface area contributed by atoms with Gasteiger partial charge in [-0.05, 0) is 44.1 Å². The van der Waals surface area contributed by atoms with E-state index in [-0.39, 0.29) is 12.0 Å². The summed E-state index contributed by atoms with van der Waals surface area (Å²) in [6.45, 7) is 3.14. The number of thiocarbonyl (C=S) groups is 1. The van der Waals surface area contributed by atoms with Gasteiger partial charge in [0.2, 0.25) is 0 Å². The van der Waals surface area contributed by atoms with E-state index >= 15 is 0 Å². The van der Waals surface area contributed by atoms with Gasteiger partial charge in [0.25, 0.3) is 5.91 Å². The highest BCUT2D eigenvalue weighted by Gasteiger charge is 2.33. The van der Waals surface area contributed by atoms with Gasteiger partial charge in [-0.25, -0.2) is 0 Å². The molecule has 1 aromatic rings. The lowest BCUT2D eigenvalue weighted by Crippen LogP contribution is -2.37. The van der Waals surface area contributed by atoms with Gasteiger partial charge in [0, 0.05) is 12.7 Å². The fourth-order valence-corrected chi connectivity index (χ4v) is 2.67. The van der Waals surface area contributed by atoms with E-state index in [9.17, 15) is 4.79 Å². The molecule has 1 N–H and O–H groups in total. The summed E-state index contributed by atoms with van der Waals surface area (Å²) in [6.07, 6.45) is 3.78. The lowest BCUT2D eigenvalue weighted by Gasteiger charge is -2.18. The predicted octanol–water partition coefficient (Wildman–Crippen LogP) is 1.82. The summed E-state index contributed by atoms with van der Waals surface area (Å²) in [5, 5.41) is 3.37. The number of hydrogen-bond acceptors (Lipinski definition) is 4. The number of nitrogens with one attached hydrogen (secondary N) is 1. The van der Waals surface area contributed by atoms with Crippen molar-refractivity contribution in [2.45, 2.75) is 25.9 Å². The molecule has 3 rings (SSSR count). The molecule has 1 atom stereocenters. The fourth-order valence-electron chi connectivity index (χ4n) is 2.40. The van der Waals surface area contributed by atoms with Crippen LogP contribution in [0.4, 0.5) is 0 Å². The van der Waals surface area contributed by atoms with E-state index in [0.717, 1.165) is 25.2 Å². The number of carbonyl (C=O) groups excluding carboxylic acids is 1. The quantitative estimate of drug-likeness (QED) is 0.680. The van der Waals surface area contributed by atoms with Gasteiger partial charge in [-0.15, -0.1) is 0 Å². The Kier molecular flexibility index (Phi) is 3.58. The average Bonchev–Trinajstić information content (AvgIpc) is 3.10. The maximum atomic E-state index is 12.3. The van der Waals surface area contributed by atoms with E-state index in [2.05, 4.69) is 5.32 Å². The normalized spacial score (nSPS) is 24.8. The van der Waals surface area contributed by atoms with Gasteiger partial charge in [0.05, 0.1) is 12.6 Å². The summed E-state index contributed by atoms with van der Waals surface area (Å²) < 4.78 is 11.0. The lowest BCUT2D eigenvalue weighted by molar-refractivity contribution is -0.123. The Morgan fingerprint density at radius 2 is 2.40 bits per heavy atom. The van der Waals surface area contributed by atoms with Crippen molar-refractivity contribution in [1.29, 1.82) is 0 Å². The SMILES string of the molecule is Cc1ccc(/C=C2/NC(=S)N(CC3CCCO3)C2=O)o1. The number of aryl methyl sites for hydroxylation is 1. The number of furan rings is 1. The highest BCUT2D eigenvalue weighted by atomic mass is 32.1. The van der Waals surface area contributed by atoms with E-state index in [0.29, 0.717) is 23.1 Å². The molecule has 0 radical (unpaired) electrons. The molecular formula is C14H16N2O3S. The maximum Gasteiger partial charge on any atom is 0.276 e. The minimum atomic E-state index is -0.125. The summed E-state index contributed by atoms with van der Waals surface area (Å²) in [4.78, 5) is 13.9. The van der Waals surface area contributed by atoms with Crippen molar-refractivity contribution in [2.24, 2.45) is 0 Å². The fraction of sp³-hybridized carbons (Fsp3) is 0.429. The highest BCUT2D eigenvalue weighted by Crippen LogP contribution is 2.19. The Balaban J connectivity index is 1.74. The average molecular weight is 292 g/mol. The van der Waals surface area contributed by atoms with Crippen molar-refractivity contribution in [1.82, 2.24) is 10.2 Å². The molecule has 2 aliphatic heterocycles. The zero-order valence-electron chi connectivity index (χ0n) is 11.2. The number of amides is 1. The Morgan fingerprint density at radius 3 is 3.05 bits per heavy atom. The van der Waals surface area contributed by atoms with Crippen molar-refractivity contribution in [2.75, 3.05) is 13.2 Å². The summed E-state index contributed by atoms with van der Waals surface area (Å²) in [7, 11) is 0. The molecule has 1 amide bonds. The molecular weight excluding hydrogens is 276 g/mol. The second-order valence-corrected chi connectivity index (χ2v) is 5.37. The standard InChI is InChI=1S/C14H16N2O3S/c1-9-4-5-10(19-9)7-12-13(17)16(14(20)15-12)8-11-3-2-6-18-11/h4-5,7,11H,2-3,6,8H2,1H3,(H,15,20)/b12-7+. The Bertz CT molecular complexity index is 573. The number of nitrogens with zero attached hydrogens (tertiary/aromatic N) is 1. The molecule has 0 spiro atoms. The van der Waals surface area contributed by atoms with E-state index in [1.807, 2.05) is 19.1 Å². The molecule has 20 heavy (non-hydrogen) atoms. The second-order valence-electron chi connectivity index (χ2n) is 4.99. The van der Waals surface area contributed by atoms with Crippen molar-refractivity contribution >= 4 is 29.3 Å². The maximum absolute atomic E-state index is 12.3. The zero-order valence-corrected chi connectivity index (χ0v) is 12.0. The van der Waals surface area contributed by atoms with Gasteiger partial charge >= 0.3 is 0 Å². The molecule has 106 valence electrons. The molecule has 0 aliphatic carbocycles. The van der Waals surface area contributed by atoms with E-state index in [4.69, 9.17) is 21.4 Å². The largest absolute Gasteiger partial charge is 0.462 e. The third kappa shape index (κ3) is 2.62. The molecule has 5 nitrogen and oxygen atoms in total. The number of rotatable bonds is 3. The van der Waals surface area contributed by atoms with E-state index < -0.39 is 0 Å². The smallest absolute Gasteiger partial charge is 0.276 e. The highest BCUT2D eigenvalue weighted by molar-refractivity contribution is 7.80. The van der Waals surface area contributed by atoms with Gasteiger partial charge in [0.1, 0.15) is 17.2 Å². The molecule has 2 saturated heterocycles. The molecule has 2 fully saturated rings. The molecule has 0 saturated carbocycles. The molecule has 1 unspecified atom stereocenters. The minimum Gasteiger partial charge on any atom is -0.462 e. The lowest BCUT2D eigenvalue weighted by atomic mass is 10.2. The van der Waals surface area contributed by atoms with Crippen LogP contribution in [0.1, 0.15) is 24.4 Å². The van der Waals surface area contributed by atoms with Gasteiger partial charge < -0.3 is 14.5 Å². The first-order chi connectivity index (χ1) is 9.63. The molecule has 0 bridgehead atoms. The van der Waals surface area contributed by atoms with Crippen molar-refractivity contribution < 1.29 is 13.9 Å². The van der Waals surface area contributed by atoms with Crippen LogP contribution in [0.3, 0.4) is 0 Å². The van der Waals surface area contributed by atoms with Crippen LogP contribution < -0.4 is 5.32 Å². The van der Waals surface area contributed by atoms with Gasteiger partial charge in [-0.3, -0.25) is 9.69 Å². The zero-order chi connectivity index (χ0) is 14.1. The van der Waals surface area contributed by atoms with Crippen LogP contribution in [0, 0.1) is 6.92 Å².